The van der Waals surface area contributed by atoms with Gasteiger partial charge in [-0.25, -0.2) is 4.68 Å². The van der Waals surface area contributed by atoms with Crippen molar-refractivity contribution < 1.29 is 0 Å². The van der Waals surface area contributed by atoms with Crippen molar-refractivity contribution in [2.45, 2.75) is 17.6 Å². The average molecular weight is 479 g/mol. The number of thioether (sulfide) groups is 1. The monoisotopic (exact) mass is 478 g/mol. The first-order valence-electron chi connectivity index (χ1n) is 9.36. The van der Waals surface area contributed by atoms with Crippen LogP contribution in [0.15, 0.2) is 103 Å². The lowest BCUT2D eigenvalue weighted by Gasteiger charge is -2.02. The van der Waals surface area contributed by atoms with Crippen LogP contribution in [0, 0.1) is 6.92 Å². The maximum Gasteiger partial charge on any atom is 0.299 e. The van der Waals surface area contributed by atoms with Crippen LogP contribution in [0.4, 0.5) is 11.4 Å². The Balaban J connectivity index is 1.68. The van der Waals surface area contributed by atoms with E-state index in [0.717, 1.165) is 20.7 Å². The van der Waals surface area contributed by atoms with Crippen LogP contribution < -0.4 is 5.56 Å². The highest BCUT2D eigenvalue weighted by atomic mass is 79.9. The number of para-hydroxylation sites is 1. The van der Waals surface area contributed by atoms with E-state index in [1.807, 2.05) is 54.6 Å². The Morgan fingerprint density at radius 1 is 0.933 bits per heavy atom. The molecule has 0 amide bonds. The highest BCUT2D eigenvalue weighted by molar-refractivity contribution is 9.10. The van der Waals surface area contributed by atoms with Crippen molar-refractivity contribution in [2.75, 3.05) is 0 Å². The van der Waals surface area contributed by atoms with E-state index in [1.165, 1.54) is 10.2 Å². The molecule has 0 spiro atoms. The van der Waals surface area contributed by atoms with Crippen LogP contribution >= 0.6 is 27.7 Å². The van der Waals surface area contributed by atoms with Crippen molar-refractivity contribution in [3.8, 4) is 5.69 Å². The first kappa shape index (κ1) is 20.4. The summed E-state index contributed by atoms with van der Waals surface area (Å²) < 4.78 is 2.48. The van der Waals surface area contributed by atoms with Gasteiger partial charge in [0, 0.05) is 15.1 Å². The molecule has 30 heavy (non-hydrogen) atoms. The normalized spacial score (nSPS) is 11.3. The van der Waals surface area contributed by atoms with Crippen molar-refractivity contribution in [3.63, 3.8) is 0 Å². The van der Waals surface area contributed by atoms with E-state index in [-0.39, 0.29) is 5.56 Å². The van der Waals surface area contributed by atoms with Gasteiger partial charge in [0.15, 0.2) is 5.69 Å². The quantitative estimate of drug-likeness (QED) is 0.240. The second-order valence-electron chi connectivity index (χ2n) is 6.69. The van der Waals surface area contributed by atoms with Crippen LogP contribution in [0.1, 0.15) is 11.3 Å². The van der Waals surface area contributed by atoms with Crippen molar-refractivity contribution in [1.29, 1.82) is 0 Å². The molecular formula is C23H19BrN4OS. The van der Waals surface area contributed by atoms with Gasteiger partial charge in [0.2, 0.25) is 0 Å². The lowest BCUT2D eigenvalue weighted by molar-refractivity contribution is 0.833. The van der Waals surface area contributed by atoms with Gasteiger partial charge in [-0.1, -0.05) is 51.8 Å². The highest BCUT2D eigenvalue weighted by Crippen LogP contribution is 2.27. The van der Waals surface area contributed by atoms with Gasteiger partial charge in [-0.05, 0) is 55.5 Å². The molecule has 0 fully saturated rings. The molecule has 0 saturated carbocycles. The van der Waals surface area contributed by atoms with E-state index in [9.17, 15) is 4.79 Å². The van der Waals surface area contributed by atoms with E-state index in [1.54, 1.807) is 11.8 Å². The molecule has 4 aromatic rings. The Bertz CT molecular complexity index is 1210. The van der Waals surface area contributed by atoms with Gasteiger partial charge in [-0.15, -0.1) is 16.9 Å². The standard InChI is InChI=1S/C23H19BrN4OS/c1-16-7-13-20(14-8-16)30-15-21-22(26-25-18-11-9-17(24)10-12-18)23(29)28(27-21)19-5-3-2-4-6-19/h2-14,27H,15H2,1H3. The largest absolute Gasteiger partial charge is 0.299 e. The maximum absolute atomic E-state index is 13.1. The van der Waals surface area contributed by atoms with Gasteiger partial charge < -0.3 is 0 Å². The van der Waals surface area contributed by atoms with Crippen LogP contribution in [0.3, 0.4) is 0 Å². The number of hydrogen-bond acceptors (Lipinski definition) is 4. The fourth-order valence-corrected chi connectivity index (χ4v) is 3.95. The third kappa shape index (κ3) is 4.80. The van der Waals surface area contributed by atoms with Gasteiger partial charge in [0.1, 0.15) is 0 Å². The van der Waals surface area contributed by atoms with E-state index >= 15 is 0 Å². The number of azo groups is 1. The number of aromatic nitrogens is 2. The van der Waals surface area contributed by atoms with E-state index in [2.05, 4.69) is 62.4 Å². The van der Waals surface area contributed by atoms with Gasteiger partial charge in [-0.2, -0.15) is 5.11 Å². The summed E-state index contributed by atoms with van der Waals surface area (Å²) in [4.78, 5) is 14.2. The summed E-state index contributed by atoms with van der Waals surface area (Å²) >= 11 is 5.05. The summed E-state index contributed by atoms with van der Waals surface area (Å²) in [5.74, 6) is 0.576. The summed E-state index contributed by atoms with van der Waals surface area (Å²) in [6.07, 6.45) is 0. The predicted octanol–water partition coefficient (Wildman–Crippen LogP) is 6.94. The number of H-pyrrole nitrogens is 1. The van der Waals surface area contributed by atoms with Gasteiger partial charge in [-0.3, -0.25) is 9.89 Å². The maximum atomic E-state index is 13.1. The van der Waals surface area contributed by atoms with Crippen molar-refractivity contribution >= 4 is 39.1 Å². The third-order valence-electron chi connectivity index (χ3n) is 4.45. The summed E-state index contributed by atoms with van der Waals surface area (Å²) in [7, 11) is 0. The summed E-state index contributed by atoms with van der Waals surface area (Å²) in [5, 5.41) is 11.8. The number of aromatic amines is 1. The number of nitrogens with zero attached hydrogens (tertiary/aromatic N) is 3. The molecule has 0 aliphatic heterocycles. The zero-order chi connectivity index (χ0) is 20.9. The lowest BCUT2D eigenvalue weighted by Crippen LogP contribution is -2.13. The molecule has 0 unspecified atom stereocenters. The minimum absolute atomic E-state index is 0.221. The second-order valence-corrected chi connectivity index (χ2v) is 8.66. The molecule has 5 nitrogen and oxygen atoms in total. The molecular weight excluding hydrogens is 460 g/mol. The topological polar surface area (TPSA) is 62.5 Å². The van der Waals surface area contributed by atoms with Crippen LogP contribution in [-0.4, -0.2) is 9.78 Å². The third-order valence-corrected chi connectivity index (χ3v) is 6.02. The molecule has 0 aliphatic carbocycles. The Hall–Kier alpha value is -2.90. The molecule has 0 saturated heterocycles. The molecule has 0 aliphatic rings. The minimum atomic E-state index is -0.221. The fraction of sp³-hybridized carbons (Fsp3) is 0.0870. The summed E-state index contributed by atoms with van der Waals surface area (Å²) in [5.41, 5.74) is 3.49. The number of halogens is 1. The van der Waals surface area contributed by atoms with E-state index in [0.29, 0.717) is 17.1 Å². The number of hydrogen-bond donors (Lipinski definition) is 1. The molecule has 3 aromatic carbocycles. The van der Waals surface area contributed by atoms with Crippen LogP contribution in [0.5, 0.6) is 0 Å². The highest BCUT2D eigenvalue weighted by Gasteiger charge is 2.15. The zero-order valence-electron chi connectivity index (χ0n) is 16.2. The molecule has 0 atom stereocenters. The smallest absolute Gasteiger partial charge is 0.292 e. The first-order chi connectivity index (χ1) is 14.6. The fourth-order valence-electron chi connectivity index (χ4n) is 2.84. The minimum Gasteiger partial charge on any atom is -0.292 e. The number of aryl methyl sites for hydroxylation is 1. The van der Waals surface area contributed by atoms with Crippen LogP contribution in [0.25, 0.3) is 5.69 Å². The Morgan fingerprint density at radius 2 is 1.63 bits per heavy atom. The lowest BCUT2D eigenvalue weighted by atomic mass is 10.2. The Kier molecular flexibility index (Phi) is 6.30. The molecule has 7 heteroatoms. The molecule has 1 heterocycles. The number of nitrogens with one attached hydrogen (secondary N) is 1. The van der Waals surface area contributed by atoms with E-state index in [4.69, 9.17) is 0 Å². The summed E-state index contributed by atoms with van der Waals surface area (Å²) in [6, 6.07) is 25.2. The number of benzene rings is 3. The van der Waals surface area contributed by atoms with Gasteiger partial charge in [0.05, 0.1) is 17.1 Å². The first-order valence-corrected chi connectivity index (χ1v) is 11.1. The van der Waals surface area contributed by atoms with Crippen molar-refractivity contribution in [1.82, 2.24) is 9.78 Å². The summed E-state index contributed by atoms with van der Waals surface area (Å²) in [6.45, 7) is 2.06. The van der Waals surface area contributed by atoms with Crippen LogP contribution in [0.2, 0.25) is 0 Å². The molecule has 150 valence electrons. The molecule has 1 aromatic heterocycles. The second kappa shape index (κ2) is 9.28. The van der Waals surface area contributed by atoms with Crippen molar-refractivity contribution in [2.24, 2.45) is 10.2 Å². The molecule has 1 N–H and O–H groups in total. The zero-order valence-corrected chi connectivity index (χ0v) is 18.7. The Morgan fingerprint density at radius 3 is 2.33 bits per heavy atom. The van der Waals surface area contributed by atoms with Gasteiger partial charge >= 0.3 is 0 Å². The number of rotatable bonds is 6. The molecule has 4 rings (SSSR count). The van der Waals surface area contributed by atoms with Crippen molar-refractivity contribution in [3.05, 3.63) is 105 Å². The van der Waals surface area contributed by atoms with Crippen LogP contribution in [-0.2, 0) is 5.75 Å². The van der Waals surface area contributed by atoms with E-state index < -0.39 is 0 Å². The SMILES string of the molecule is Cc1ccc(SCc2[nH]n(-c3ccccc3)c(=O)c2N=Nc2ccc(Br)cc2)cc1. The average Bonchev–Trinajstić information content (AvgIpc) is 3.09. The molecule has 0 radical (unpaired) electrons. The predicted molar refractivity (Wildman–Crippen MR) is 125 cm³/mol. The van der Waals surface area contributed by atoms with Gasteiger partial charge in [0.25, 0.3) is 5.56 Å². The molecule has 0 bridgehead atoms. The Labute approximate surface area is 187 Å².